The predicted octanol–water partition coefficient (Wildman–Crippen LogP) is 2.21. The average Bonchev–Trinajstić information content (AvgIpc) is 3.04. The van der Waals surface area contributed by atoms with Crippen molar-refractivity contribution in [2.45, 2.75) is 20.4 Å². The predicted molar refractivity (Wildman–Crippen MR) is 107 cm³/mol. The number of carbonyl (C=O) groups is 1. The number of hydrogen-bond acceptors (Lipinski definition) is 5. The molecule has 8 nitrogen and oxygen atoms in total. The Morgan fingerprint density at radius 2 is 1.90 bits per heavy atom. The van der Waals surface area contributed by atoms with Gasteiger partial charge in [0, 0.05) is 6.20 Å². The molecule has 0 saturated carbocycles. The van der Waals surface area contributed by atoms with Crippen LogP contribution < -0.4 is 16.6 Å². The highest BCUT2D eigenvalue weighted by Crippen LogP contribution is 2.21. The number of aromatic nitrogens is 3. The van der Waals surface area contributed by atoms with Crippen molar-refractivity contribution >= 4 is 17.0 Å². The first-order valence-electron chi connectivity index (χ1n) is 9.00. The SMILES string of the molecule is Cc1cccnc1CNC(=O)c1c(C)oc2[nH]c(=O)n(-c3ccccc3)c(=O)c12. The van der Waals surface area contributed by atoms with Gasteiger partial charge in [0.2, 0.25) is 5.71 Å². The summed E-state index contributed by atoms with van der Waals surface area (Å²) in [7, 11) is 0. The molecular formula is C21H18N4O4. The lowest BCUT2D eigenvalue weighted by Gasteiger charge is -2.07. The zero-order valence-corrected chi connectivity index (χ0v) is 15.9. The summed E-state index contributed by atoms with van der Waals surface area (Å²) in [4.78, 5) is 45.2. The van der Waals surface area contributed by atoms with Crippen LogP contribution in [0.5, 0.6) is 0 Å². The van der Waals surface area contributed by atoms with Gasteiger partial charge in [-0.2, -0.15) is 0 Å². The van der Waals surface area contributed by atoms with Crippen LogP contribution in [-0.2, 0) is 6.54 Å². The molecule has 2 N–H and O–H groups in total. The molecule has 0 saturated heterocycles. The molecule has 0 unspecified atom stereocenters. The fourth-order valence-electron chi connectivity index (χ4n) is 3.23. The number of aryl methyl sites for hydroxylation is 2. The Morgan fingerprint density at radius 1 is 1.14 bits per heavy atom. The van der Waals surface area contributed by atoms with Crippen LogP contribution in [0.4, 0.5) is 0 Å². The van der Waals surface area contributed by atoms with Crippen LogP contribution in [-0.4, -0.2) is 20.4 Å². The van der Waals surface area contributed by atoms with Gasteiger partial charge in [-0.3, -0.25) is 19.6 Å². The van der Waals surface area contributed by atoms with Gasteiger partial charge in [-0.15, -0.1) is 0 Å². The lowest BCUT2D eigenvalue weighted by Crippen LogP contribution is -2.34. The van der Waals surface area contributed by atoms with E-state index in [1.807, 2.05) is 19.1 Å². The highest BCUT2D eigenvalue weighted by Gasteiger charge is 2.24. The number of furan rings is 1. The Balaban J connectivity index is 1.80. The molecule has 1 aromatic carbocycles. The van der Waals surface area contributed by atoms with Crippen molar-refractivity contribution in [1.29, 1.82) is 0 Å². The van der Waals surface area contributed by atoms with Crippen LogP contribution in [0, 0.1) is 13.8 Å². The molecule has 0 atom stereocenters. The van der Waals surface area contributed by atoms with Crippen molar-refractivity contribution in [2.75, 3.05) is 0 Å². The minimum Gasteiger partial charge on any atom is -0.444 e. The van der Waals surface area contributed by atoms with E-state index in [0.717, 1.165) is 15.8 Å². The van der Waals surface area contributed by atoms with Crippen molar-refractivity contribution in [3.8, 4) is 5.69 Å². The summed E-state index contributed by atoms with van der Waals surface area (Å²) >= 11 is 0. The second kappa shape index (κ2) is 7.23. The third-order valence-electron chi connectivity index (χ3n) is 4.70. The molecule has 0 aliphatic heterocycles. The first-order chi connectivity index (χ1) is 14.0. The molecule has 3 aromatic heterocycles. The number of para-hydroxylation sites is 1. The minimum absolute atomic E-state index is 0.0242. The number of nitrogens with one attached hydrogen (secondary N) is 2. The van der Waals surface area contributed by atoms with Gasteiger partial charge in [0.25, 0.3) is 11.5 Å². The Labute approximate surface area is 164 Å². The maximum absolute atomic E-state index is 13.1. The number of pyridine rings is 1. The van der Waals surface area contributed by atoms with Gasteiger partial charge >= 0.3 is 5.69 Å². The molecule has 1 amide bonds. The smallest absolute Gasteiger partial charge is 0.335 e. The third-order valence-corrected chi connectivity index (χ3v) is 4.70. The Morgan fingerprint density at radius 3 is 2.62 bits per heavy atom. The van der Waals surface area contributed by atoms with Crippen LogP contribution in [0.15, 0.2) is 62.7 Å². The van der Waals surface area contributed by atoms with Gasteiger partial charge in [0.1, 0.15) is 11.1 Å². The summed E-state index contributed by atoms with van der Waals surface area (Å²) in [5.74, 6) is -0.233. The number of hydrogen-bond donors (Lipinski definition) is 2. The van der Waals surface area contributed by atoms with Crippen LogP contribution in [0.1, 0.15) is 27.4 Å². The van der Waals surface area contributed by atoms with E-state index in [9.17, 15) is 14.4 Å². The van der Waals surface area contributed by atoms with Gasteiger partial charge in [-0.05, 0) is 37.6 Å². The number of aromatic amines is 1. The summed E-state index contributed by atoms with van der Waals surface area (Å²) in [5.41, 5.74) is 0.876. The summed E-state index contributed by atoms with van der Waals surface area (Å²) in [6.07, 6.45) is 1.65. The number of carbonyl (C=O) groups excluding carboxylic acids is 1. The summed E-state index contributed by atoms with van der Waals surface area (Å²) < 4.78 is 6.49. The standard InChI is InChI=1S/C21H18N4O4/c1-12-7-6-10-22-15(12)11-23-18(26)16-13(2)29-19-17(16)20(27)25(21(28)24-19)14-8-4-3-5-9-14/h3-10H,11H2,1-2H3,(H,23,26)(H,24,28). The van der Waals surface area contributed by atoms with Crippen molar-refractivity contribution in [3.05, 3.63) is 92.1 Å². The van der Waals surface area contributed by atoms with Crippen molar-refractivity contribution in [2.24, 2.45) is 0 Å². The molecule has 0 aliphatic carbocycles. The topological polar surface area (TPSA) is 110 Å². The quantitative estimate of drug-likeness (QED) is 0.555. The summed E-state index contributed by atoms with van der Waals surface area (Å²) in [6, 6.07) is 12.2. The van der Waals surface area contributed by atoms with E-state index < -0.39 is 17.2 Å². The van der Waals surface area contributed by atoms with E-state index in [4.69, 9.17) is 4.42 Å². The van der Waals surface area contributed by atoms with E-state index in [1.165, 1.54) is 0 Å². The summed E-state index contributed by atoms with van der Waals surface area (Å²) in [5, 5.41) is 2.80. The van der Waals surface area contributed by atoms with Crippen molar-refractivity contribution in [3.63, 3.8) is 0 Å². The van der Waals surface area contributed by atoms with Crippen LogP contribution in [0.3, 0.4) is 0 Å². The molecule has 4 rings (SSSR count). The lowest BCUT2D eigenvalue weighted by atomic mass is 10.1. The summed E-state index contributed by atoms with van der Waals surface area (Å²) in [6.45, 7) is 3.68. The van der Waals surface area contributed by atoms with Crippen molar-refractivity contribution in [1.82, 2.24) is 19.9 Å². The van der Waals surface area contributed by atoms with Gasteiger partial charge in [0.05, 0.1) is 23.5 Å². The Kier molecular flexibility index (Phi) is 4.59. The molecule has 3 heterocycles. The third kappa shape index (κ3) is 3.25. The van der Waals surface area contributed by atoms with Crippen LogP contribution >= 0.6 is 0 Å². The van der Waals surface area contributed by atoms with Crippen LogP contribution in [0.25, 0.3) is 16.8 Å². The molecule has 0 spiro atoms. The van der Waals surface area contributed by atoms with E-state index in [2.05, 4.69) is 15.3 Å². The van der Waals surface area contributed by atoms with Gasteiger partial charge in [-0.1, -0.05) is 24.3 Å². The monoisotopic (exact) mass is 390 g/mol. The number of fused-ring (bicyclic) bond motifs is 1. The minimum atomic E-state index is -0.640. The van der Waals surface area contributed by atoms with Crippen LogP contribution in [0.2, 0.25) is 0 Å². The molecule has 8 heteroatoms. The fraction of sp³-hybridized carbons (Fsp3) is 0.143. The highest BCUT2D eigenvalue weighted by molar-refractivity contribution is 6.06. The molecule has 4 aromatic rings. The average molecular weight is 390 g/mol. The van der Waals surface area contributed by atoms with Gasteiger partial charge in [-0.25, -0.2) is 9.36 Å². The number of amides is 1. The first-order valence-corrected chi connectivity index (χ1v) is 9.00. The number of H-pyrrole nitrogens is 1. The molecule has 146 valence electrons. The molecule has 0 radical (unpaired) electrons. The Bertz CT molecular complexity index is 1330. The van der Waals surface area contributed by atoms with Crippen molar-refractivity contribution < 1.29 is 9.21 Å². The number of rotatable bonds is 4. The van der Waals surface area contributed by atoms with Gasteiger partial charge in [0.15, 0.2) is 0 Å². The molecule has 0 bridgehead atoms. The maximum atomic E-state index is 13.1. The molecule has 0 fully saturated rings. The number of nitrogens with zero attached hydrogens (tertiary/aromatic N) is 2. The largest absolute Gasteiger partial charge is 0.444 e. The Hall–Kier alpha value is -3.94. The number of benzene rings is 1. The molecular weight excluding hydrogens is 372 g/mol. The fourth-order valence-corrected chi connectivity index (χ4v) is 3.23. The van der Waals surface area contributed by atoms with E-state index in [1.54, 1.807) is 43.5 Å². The second-order valence-electron chi connectivity index (χ2n) is 6.59. The van der Waals surface area contributed by atoms with Gasteiger partial charge < -0.3 is 9.73 Å². The highest BCUT2D eigenvalue weighted by atomic mass is 16.3. The maximum Gasteiger partial charge on any atom is 0.335 e. The zero-order chi connectivity index (χ0) is 20.5. The first kappa shape index (κ1) is 18.4. The zero-order valence-electron chi connectivity index (χ0n) is 15.9. The normalized spacial score (nSPS) is 11.0. The molecule has 29 heavy (non-hydrogen) atoms. The van der Waals surface area contributed by atoms with E-state index in [0.29, 0.717) is 5.69 Å². The molecule has 0 aliphatic rings. The van der Waals surface area contributed by atoms with E-state index >= 15 is 0 Å². The second-order valence-corrected chi connectivity index (χ2v) is 6.59. The van der Waals surface area contributed by atoms with E-state index in [-0.39, 0.29) is 29.0 Å². The lowest BCUT2D eigenvalue weighted by molar-refractivity contribution is 0.0950.